The molecule has 2 aromatic rings. The van der Waals surface area contributed by atoms with Crippen LogP contribution in [0.4, 0.5) is 0 Å². The second-order valence-corrected chi connectivity index (χ2v) is 10.5. The highest BCUT2D eigenvalue weighted by molar-refractivity contribution is 7.52. The minimum atomic E-state index is -3.81. The minimum absolute atomic E-state index is 0.0277. The number of aromatic amines is 1. The van der Waals surface area contributed by atoms with Gasteiger partial charge in [0.1, 0.15) is 18.8 Å². The van der Waals surface area contributed by atoms with E-state index in [-0.39, 0.29) is 38.1 Å². The third-order valence-corrected chi connectivity index (χ3v) is 6.91. The van der Waals surface area contributed by atoms with Crippen LogP contribution in [0.1, 0.15) is 40.3 Å². The van der Waals surface area contributed by atoms with E-state index in [1.807, 2.05) is 26.8 Å². The average molecular weight is 512 g/mol. The highest BCUT2D eigenvalue weighted by atomic mass is 31.2. The molecule has 1 aromatic carbocycles. The highest BCUT2D eigenvalue weighted by Gasteiger charge is 2.37. The first-order chi connectivity index (χ1) is 16.6. The van der Waals surface area contributed by atoms with Crippen molar-refractivity contribution in [3.8, 4) is 5.75 Å². The molecule has 1 unspecified atom stereocenters. The quantitative estimate of drug-likeness (QED) is 0.237. The van der Waals surface area contributed by atoms with Gasteiger partial charge < -0.3 is 18.7 Å². The van der Waals surface area contributed by atoms with Crippen LogP contribution in [-0.4, -0.2) is 47.8 Å². The Kier molecular flexibility index (Phi) is 9.85. The molecule has 1 aromatic heterocycles. The van der Waals surface area contributed by atoms with Crippen LogP contribution in [0.2, 0.25) is 0 Å². The van der Waals surface area contributed by atoms with Crippen molar-refractivity contribution in [3.05, 3.63) is 63.4 Å². The van der Waals surface area contributed by atoms with Crippen LogP contribution in [-0.2, 0) is 23.3 Å². The number of ether oxygens (including phenoxy) is 3. The van der Waals surface area contributed by atoms with E-state index in [0.717, 1.165) is 0 Å². The maximum atomic E-state index is 13.6. The molecule has 2 heterocycles. The third-order valence-electron chi connectivity index (χ3n) is 5.21. The monoisotopic (exact) mass is 511 g/mol. The number of hydrogen-bond donors (Lipinski definition) is 2. The molecule has 1 fully saturated rings. The van der Waals surface area contributed by atoms with Gasteiger partial charge in [0, 0.05) is 24.2 Å². The van der Waals surface area contributed by atoms with Crippen molar-refractivity contribution in [2.24, 2.45) is 5.92 Å². The van der Waals surface area contributed by atoms with Gasteiger partial charge in [-0.05, 0) is 39.3 Å². The molecule has 2 N–H and O–H groups in total. The summed E-state index contributed by atoms with van der Waals surface area (Å²) in [5, 5.41) is 2.90. The molecule has 0 aliphatic carbocycles. The molecular weight excluding hydrogens is 477 g/mol. The molecule has 12 heteroatoms. The Morgan fingerprint density at radius 1 is 1.20 bits per heavy atom. The van der Waals surface area contributed by atoms with E-state index in [1.165, 1.54) is 16.8 Å². The molecule has 0 amide bonds. The van der Waals surface area contributed by atoms with Crippen molar-refractivity contribution in [1.82, 2.24) is 14.6 Å². The Morgan fingerprint density at radius 2 is 1.94 bits per heavy atom. The number of benzene rings is 1. The molecule has 1 aliphatic heterocycles. The van der Waals surface area contributed by atoms with Crippen LogP contribution in [0.3, 0.4) is 0 Å². The van der Waals surface area contributed by atoms with Gasteiger partial charge >= 0.3 is 13.4 Å². The molecule has 1 aliphatic rings. The number of hydrogen-bond acceptors (Lipinski definition) is 8. The minimum Gasteiger partial charge on any atom is -0.413 e. The molecule has 0 spiro atoms. The van der Waals surface area contributed by atoms with Crippen LogP contribution in [0.5, 0.6) is 5.75 Å². The molecule has 35 heavy (non-hydrogen) atoms. The standard InChI is InChI=1S/C23H34N3O8P/c1-16(2)31-15-30-13-18(4)25-35(29,34-19-8-6-5-7-9-19)32-14-20-12-17(3)22(33-20)26-11-10-21(27)24-23(26)28/h5-11,16-18,20,22H,12-15H2,1-4H3,(H,25,29)(H,24,27,28)/t17-,18-,20-,22+,35?/m0/s1. The lowest BCUT2D eigenvalue weighted by molar-refractivity contribution is -0.0817. The molecule has 1 saturated heterocycles. The molecule has 0 bridgehead atoms. The van der Waals surface area contributed by atoms with E-state index in [1.54, 1.807) is 31.2 Å². The SMILES string of the molecule is CC(C)OCOC[C@H](C)NP(=O)(OC[C@@H]1C[C@H](C)[C@H](n2ccc(=O)[nH]c2=O)O1)Oc1ccccc1. The fraction of sp³-hybridized carbons (Fsp3) is 0.565. The second-order valence-electron chi connectivity index (χ2n) is 8.81. The summed E-state index contributed by atoms with van der Waals surface area (Å²) in [7, 11) is -3.81. The lowest BCUT2D eigenvalue weighted by atomic mass is 10.1. The molecule has 3 rings (SSSR count). The summed E-state index contributed by atoms with van der Waals surface area (Å²) in [6, 6.07) is 9.63. The first kappa shape index (κ1) is 27.3. The van der Waals surface area contributed by atoms with Gasteiger partial charge in [-0.15, -0.1) is 0 Å². The van der Waals surface area contributed by atoms with Gasteiger partial charge in [-0.1, -0.05) is 25.1 Å². The highest BCUT2D eigenvalue weighted by Crippen LogP contribution is 2.46. The van der Waals surface area contributed by atoms with Gasteiger partial charge in [0.25, 0.3) is 5.56 Å². The largest absolute Gasteiger partial charge is 0.459 e. The van der Waals surface area contributed by atoms with Gasteiger partial charge in [0.2, 0.25) is 0 Å². The topological polar surface area (TPSA) is 130 Å². The van der Waals surface area contributed by atoms with Crippen LogP contribution in [0, 0.1) is 5.92 Å². The zero-order chi connectivity index (χ0) is 25.4. The lowest BCUT2D eigenvalue weighted by Gasteiger charge is -2.25. The fourth-order valence-electron chi connectivity index (χ4n) is 3.60. The summed E-state index contributed by atoms with van der Waals surface area (Å²) in [4.78, 5) is 25.8. The van der Waals surface area contributed by atoms with Crippen LogP contribution in [0.15, 0.2) is 52.2 Å². The van der Waals surface area contributed by atoms with Crippen molar-refractivity contribution in [2.75, 3.05) is 20.0 Å². The molecule has 11 nitrogen and oxygen atoms in total. The maximum Gasteiger partial charge on any atom is 0.459 e. The first-order valence-corrected chi connectivity index (χ1v) is 13.1. The van der Waals surface area contributed by atoms with Crippen molar-refractivity contribution >= 4 is 7.75 Å². The maximum absolute atomic E-state index is 13.6. The zero-order valence-electron chi connectivity index (χ0n) is 20.4. The van der Waals surface area contributed by atoms with E-state index in [2.05, 4.69) is 10.1 Å². The van der Waals surface area contributed by atoms with Gasteiger partial charge in [0.05, 0.1) is 25.4 Å². The van der Waals surface area contributed by atoms with Gasteiger partial charge in [-0.3, -0.25) is 18.9 Å². The normalized spacial score (nSPS) is 22.7. The summed E-state index contributed by atoms with van der Waals surface area (Å²) in [5.74, 6) is 0.348. The van der Waals surface area contributed by atoms with Crippen LogP contribution >= 0.6 is 7.75 Å². The Hall–Kier alpha value is -2.27. The summed E-state index contributed by atoms with van der Waals surface area (Å²) >= 11 is 0. The molecule has 5 atom stereocenters. The number of para-hydroxylation sites is 1. The number of nitrogens with zero attached hydrogens (tertiary/aromatic N) is 1. The average Bonchev–Trinajstić information content (AvgIpc) is 3.16. The van der Waals surface area contributed by atoms with E-state index >= 15 is 0 Å². The van der Waals surface area contributed by atoms with Gasteiger partial charge in [0.15, 0.2) is 0 Å². The summed E-state index contributed by atoms with van der Waals surface area (Å²) in [6.45, 7) is 7.86. The Bertz CT molecular complexity index is 1090. The number of aromatic nitrogens is 2. The molecule has 194 valence electrons. The van der Waals surface area contributed by atoms with Crippen LogP contribution < -0.4 is 20.9 Å². The Balaban J connectivity index is 1.63. The summed E-state index contributed by atoms with van der Waals surface area (Å²) in [5.41, 5.74) is -1.03. The van der Waals surface area contributed by atoms with Gasteiger partial charge in [-0.25, -0.2) is 14.4 Å². The predicted molar refractivity (Wildman–Crippen MR) is 129 cm³/mol. The first-order valence-electron chi connectivity index (χ1n) is 11.6. The third kappa shape index (κ3) is 8.42. The molecular formula is C23H34N3O8P. The van der Waals surface area contributed by atoms with E-state index in [9.17, 15) is 14.2 Å². The predicted octanol–water partition coefficient (Wildman–Crippen LogP) is 3.04. The van der Waals surface area contributed by atoms with E-state index in [4.69, 9.17) is 23.3 Å². The Labute approximate surface area is 204 Å². The number of rotatable bonds is 13. The van der Waals surface area contributed by atoms with Crippen molar-refractivity contribution in [3.63, 3.8) is 0 Å². The summed E-state index contributed by atoms with van der Waals surface area (Å²) < 4.78 is 43.3. The summed E-state index contributed by atoms with van der Waals surface area (Å²) in [6.07, 6.45) is 0.991. The van der Waals surface area contributed by atoms with E-state index in [0.29, 0.717) is 12.2 Å². The Morgan fingerprint density at radius 3 is 2.63 bits per heavy atom. The smallest absolute Gasteiger partial charge is 0.413 e. The van der Waals surface area contributed by atoms with Crippen molar-refractivity contribution in [1.29, 1.82) is 0 Å². The lowest BCUT2D eigenvalue weighted by Crippen LogP contribution is -2.33. The number of nitrogens with one attached hydrogen (secondary N) is 2. The van der Waals surface area contributed by atoms with Gasteiger partial charge in [-0.2, -0.15) is 0 Å². The zero-order valence-corrected chi connectivity index (χ0v) is 21.3. The van der Waals surface area contributed by atoms with Crippen LogP contribution in [0.25, 0.3) is 0 Å². The van der Waals surface area contributed by atoms with E-state index < -0.39 is 31.3 Å². The van der Waals surface area contributed by atoms with Crippen molar-refractivity contribution in [2.45, 2.75) is 58.6 Å². The molecule has 0 saturated carbocycles. The fourth-order valence-corrected chi connectivity index (χ4v) is 5.16. The second kappa shape index (κ2) is 12.6. The van der Waals surface area contributed by atoms with Crippen molar-refractivity contribution < 1.29 is 27.8 Å². The number of H-pyrrole nitrogens is 1. The molecule has 0 radical (unpaired) electrons.